The van der Waals surface area contributed by atoms with Gasteiger partial charge in [-0.05, 0) is 89.3 Å². The van der Waals surface area contributed by atoms with Crippen molar-refractivity contribution in [2.45, 2.75) is 43.9 Å². The summed E-state index contributed by atoms with van der Waals surface area (Å²) in [5.74, 6) is 3.16. The number of fused-ring (bicyclic) bond motifs is 1. The van der Waals surface area contributed by atoms with Crippen LogP contribution in [0, 0.1) is 11.8 Å². The molecule has 2 unspecified atom stereocenters. The summed E-state index contributed by atoms with van der Waals surface area (Å²) in [6.07, 6.45) is 6.89. The van der Waals surface area contributed by atoms with Gasteiger partial charge in [-0.15, -0.1) is 0 Å². The molecule has 2 fully saturated rings. The molecule has 0 amide bonds. The standard InChI is InChI=1S/C25H23Cl/c26-23-7-3-6-21-18-11-15-10-16(12-18)14-19(13-15)22-9-8-17-4-1-2-5-20(17)24(22)25(21)23/h1-9,15-16,18-19H,10-14H2. The van der Waals surface area contributed by atoms with Gasteiger partial charge in [0.25, 0.3) is 0 Å². The van der Waals surface area contributed by atoms with Gasteiger partial charge in [0, 0.05) is 10.6 Å². The Hall–Kier alpha value is -1.79. The summed E-state index contributed by atoms with van der Waals surface area (Å²) in [6, 6.07) is 20.2. The van der Waals surface area contributed by atoms with Crippen LogP contribution in [0.4, 0.5) is 0 Å². The molecule has 0 aliphatic heterocycles. The molecule has 0 aromatic heterocycles. The van der Waals surface area contributed by atoms with Crippen molar-refractivity contribution in [3.63, 3.8) is 0 Å². The van der Waals surface area contributed by atoms with Gasteiger partial charge in [0.2, 0.25) is 0 Å². The second-order valence-corrected chi connectivity index (χ2v) is 9.17. The Labute approximate surface area is 160 Å². The zero-order valence-electron chi connectivity index (χ0n) is 14.9. The van der Waals surface area contributed by atoms with Crippen LogP contribution in [0.5, 0.6) is 0 Å². The molecular weight excluding hydrogens is 336 g/mol. The molecule has 0 saturated heterocycles. The van der Waals surface area contributed by atoms with Gasteiger partial charge in [0.1, 0.15) is 0 Å². The predicted molar refractivity (Wildman–Crippen MR) is 110 cm³/mol. The Morgan fingerprint density at radius 3 is 2.08 bits per heavy atom. The van der Waals surface area contributed by atoms with Gasteiger partial charge in [-0.3, -0.25) is 0 Å². The van der Waals surface area contributed by atoms with Crippen LogP contribution in [0.2, 0.25) is 5.02 Å². The summed E-state index contributed by atoms with van der Waals surface area (Å²) >= 11 is 6.89. The van der Waals surface area contributed by atoms with Crippen LogP contribution in [-0.4, -0.2) is 0 Å². The van der Waals surface area contributed by atoms with E-state index in [0.29, 0.717) is 11.8 Å². The summed E-state index contributed by atoms with van der Waals surface area (Å²) in [5, 5.41) is 3.64. The van der Waals surface area contributed by atoms with E-state index >= 15 is 0 Å². The summed E-state index contributed by atoms with van der Waals surface area (Å²) in [4.78, 5) is 0. The number of benzene rings is 3. The minimum atomic E-state index is 0.679. The number of rotatable bonds is 0. The first kappa shape index (κ1) is 15.3. The normalized spacial score (nSPS) is 29.0. The van der Waals surface area contributed by atoms with E-state index in [1.807, 2.05) is 0 Å². The van der Waals surface area contributed by atoms with Crippen molar-refractivity contribution in [1.82, 2.24) is 0 Å². The lowest BCUT2D eigenvalue weighted by atomic mass is 9.63. The summed E-state index contributed by atoms with van der Waals surface area (Å²) in [5.41, 5.74) is 5.82. The molecule has 2 saturated carbocycles. The highest BCUT2D eigenvalue weighted by atomic mass is 35.5. The molecule has 4 bridgehead atoms. The minimum absolute atomic E-state index is 0.679. The average molecular weight is 359 g/mol. The summed E-state index contributed by atoms with van der Waals surface area (Å²) in [6.45, 7) is 0. The third-order valence-corrected chi connectivity index (χ3v) is 7.59. The Morgan fingerprint density at radius 2 is 1.31 bits per heavy atom. The molecule has 0 spiro atoms. The van der Waals surface area contributed by atoms with Crippen molar-refractivity contribution < 1.29 is 0 Å². The summed E-state index contributed by atoms with van der Waals surface area (Å²) < 4.78 is 0. The van der Waals surface area contributed by atoms with E-state index < -0.39 is 0 Å². The lowest BCUT2D eigenvalue weighted by Gasteiger charge is -2.42. The third-order valence-electron chi connectivity index (χ3n) is 7.27. The molecule has 26 heavy (non-hydrogen) atoms. The Bertz CT molecular complexity index is 1000. The Morgan fingerprint density at radius 1 is 0.615 bits per heavy atom. The lowest BCUT2D eigenvalue weighted by Crippen LogP contribution is -2.29. The van der Waals surface area contributed by atoms with Crippen LogP contribution in [0.3, 0.4) is 0 Å². The zero-order valence-corrected chi connectivity index (χ0v) is 15.7. The molecule has 0 heterocycles. The molecule has 4 aliphatic rings. The fourth-order valence-corrected chi connectivity index (χ4v) is 6.69. The smallest absolute Gasteiger partial charge is 0.0487 e. The first-order valence-corrected chi connectivity index (χ1v) is 10.5. The predicted octanol–water partition coefficient (Wildman–Crippen LogP) is 7.55. The van der Waals surface area contributed by atoms with Crippen LogP contribution in [0.25, 0.3) is 21.9 Å². The monoisotopic (exact) mass is 358 g/mol. The van der Waals surface area contributed by atoms with Gasteiger partial charge in [-0.1, -0.05) is 60.1 Å². The van der Waals surface area contributed by atoms with Crippen LogP contribution in [0.15, 0.2) is 54.6 Å². The highest BCUT2D eigenvalue weighted by molar-refractivity contribution is 6.34. The first-order chi connectivity index (χ1) is 12.8. The van der Waals surface area contributed by atoms with E-state index in [-0.39, 0.29) is 0 Å². The van der Waals surface area contributed by atoms with E-state index in [9.17, 15) is 0 Å². The average Bonchev–Trinajstić information content (AvgIpc) is 2.72. The highest BCUT2D eigenvalue weighted by Gasteiger charge is 2.40. The van der Waals surface area contributed by atoms with Gasteiger partial charge in [0.15, 0.2) is 0 Å². The largest absolute Gasteiger partial charge is 0.0837 e. The van der Waals surface area contributed by atoms with Crippen molar-refractivity contribution in [3.8, 4) is 11.1 Å². The molecule has 3 aromatic carbocycles. The fraction of sp³-hybridized carbons (Fsp3) is 0.360. The molecule has 1 heteroatoms. The van der Waals surface area contributed by atoms with Crippen molar-refractivity contribution in [3.05, 3.63) is 70.7 Å². The second kappa shape index (κ2) is 5.60. The maximum Gasteiger partial charge on any atom is 0.0487 e. The SMILES string of the molecule is Clc1cccc2c1-c1c(ccc3ccccc13)C1CC3CC(CC2C3)C1. The molecule has 7 rings (SSSR count). The molecule has 2 atom stereocenters. The molecule has 130 valence electrons. The number of hydrogen-bond acceptors (Lipinski definition) is 0. The Kier molecular flexibility index (Phi) is 3.29. The van der Waals surface area contributed by atoms with Gasteiger partial charge >= 0.3 is 0 Å². The number of hydrogen-bond donors (Lipinski definition) is 0. The van der Waals surface area contributed by atoms with Crippen molar-refractivity contribution in [2.24, 2.45) is 11.8 Å². The van der Waals surface area contributed by atoms with Crippen LogP contribution in [-0.2, 0) is 0 Å². The van der Waals surface area contributed by atoms with E-state index in [2.05, 4.69) is 54.6 Å². The van der Waals surface area contributed by atoms with Crippen LogP contribution in [0.1, 0.15) is 55.1 Å². The van der Waals surface area contributed by atoms with Crippen molar-refractivity contribution >= 4 is 22.4 Å². The first-order valence-electron chi connectivity index (χ1n) is 10.1. The van der Waals surface area contributed by atoms with E-state index in [4.69, 9.17) is 11.6 Å². The third kappa shape index (κ3) is 2.15. The van der Waals surface area contributed by atoms with Gasteiger partial charge in [-0.25, -0.2) is 0 Å². The van der Waals surface area contributed by atoms with Gasteiger partial charge in [0.05, 0.1) is 0 Å². The summed E-state index contributed by atoms with van der Waals surface area (Å²) in [7, 11) is 0. The molecular formula is C25H23Cl. The zero-order chi connectivity index (χ0) is 17.3. The van der Waals surface area contributed by atoms with Crippen LogP contribution < -0.4 is 0 Å². The van der Waals surface area contributed by atoms with E-state index in [0.717, 1.165) is 16.9 Å². The Balaban J connectivity index is 1.77. The molecule has 3 aromatic rings. The molecule has 0 nitrogen and oxygen atoms in total. The fourth-order valence-electron chi connectivity index (χ4n) is 6.41. The molecule has 0 N–H and O–H groups in total. The van der Waals surface area contributed by atoms with Crippen LogP contribution >= 0.6 is 11.6 Å². The maximum atomic E-state index is 6.89. The minimum Gasteiger partial charge on any atom is -0.0837 e. The van der Waals surface area contributed by atoms with Gasteiger partial charge in [-0.2, -0.15) is 0 Å². The number of halogens is 1. The highest BCUT2D eigenvalue weighted by Crippen LogP contribution is 2.57. The molecule has 0 radical (unpaired) electrons. The van der Waals surface area contributed by atoms with Gasteiger partial charge < -0.3 is 0 Å². The topological polar surface area (TPSA) is 0 Å². The van der Waals surface area contributed by atoms with E-state index in [1.165, 1.54) is 59.6 Å². The van der Waals surface area contributed by atoms with Crippen molar-refractivity contribution in [2.75, 3.05) is 0 Å². The quantitative estimate of drug-likeness (QED) is 0.389. The second-order valence-electron chi connectivity index (χ2n) is 8.76. The van der Waals surface area contributed by atoms with Crippen molar-refractivity contribution in [1.29, 1.82) is 0 Å². The van der Waals surface area contributed by atoms with E-state index in [1.54, 1.807) is 5.56 Å². The lowest BCUT2D eigenvalue weighted by molar-refractivity contribution is 0.153. The maximum absolute atomic E-state index is 6.89. The molecule has 4 aliphatic carbocycles.